The number of pyridine rings is 3. The Morgan fingerprint density at radius 3 is 1.40 bits per heavy atom. The van der Waals surface area contributed by atoms with Crippen LogP contribution in [0, 0.1) is 27.7 Å². The molecule has 0 unspecified atom stereocenters. The smallest absolute Gasteiger partial charge is 0.330 e. The lowest BCUT2D eigenvalue weighted by Crippen LogP contribution is -2.35. The number of aliphatic carboxylic acids is 2. The number of hydrogen-bond donors (Lipinski definition) is 3. The fourth-order valence-corrected chi connectivity index (χ4v) is 15.4. The molecule has 10 aromatic heterocycles. The van der Waals surface area contributed by atoms with E-state index in [9.17, 15) is 47.4 Å². The summed E-state index contributed by atoms with van der Waals surface area (Å²) in [7, 11) is 3.49. The van der Waals surface area contributed by atoms with Crippen molar-refractivity contribution < 1.29 is 33.0 Å². The number of carboxylic acid groups (broad SMARTS) is 2. The summed E-state index contributed by atoms with van der Waals surface area (Å²) in [6.07, 6.45) is 17.4. The summed E-state index contributed by atoms with van der Waals surface area (Å²) in [5.74, 6) is -2.53. The van der Waals surface area contributed by atoms with Crippen LogP contribution in [0.25, 0.3) is 66.1 Å². The average Bonchev–Trinajstić information content (AvgIpc) is 1.61. The van der Waals surface area contributed by atoms with Crippen molar-refractivity contribution >= 4 is 93.9 Å². The van der Waals surface area contributed by atoms with Gasteiger partial charge in [0.1, 0.15) is 0 Å². The van der Waals surface area contributed by atoms with Gasteiger partial charge < -0.3 is 28.5 Å². The molecule has 13 rings (SSSR count). The van der Waals surface area contributed by atoms with E-state index in [2.05, 4.69) is 84.3 Å². The Hall–Kier alpha value is -10.9. The third-order valence-corrected chi connectivity index (χ3v) is 20.0. The highest BCUT2D eigenvalue weighted by Crippen LogP contribution is 2.32. The number of nitrogens with zero attached hydrogens (tertiary/aromatic N) is 14. The molecule has 0 aliphatic rings. The lowest BCUT2D eigenvalue weighted by Gasteiger charge is -2.17. The first-order valence-electron chi connectivity index (χ1n) is 33.6. The van der Waals surface area contributed by atoms with Gasteiger partial charge in [0.05, 0.1) is 73.1 Å². The van der Waals surface area contributed by atoms with E-state index in [0.717, 1.165) is 101 Å². The first kappa shape index (κ1) is 70.4. The Balaban J connectivity index is 0.000000153. The van der Waals surface area contributed by atoms with Crippen molar-refractivity contribution in [3.63, 3.8) is 0 Å². The normalized spacial score (nSPS) is 12.7. The number of carbonyl (C=O) groups excluding carboxylic acids is 1. The van der Waals surface area contributed by atoms with Crippen LogP contribution in [0.1, 0.15) is 136 Å². The molecule has 0 fully saturated rings. The van der Waals surface area contributed by atoms with E-state index in [4.69, 9.17) is 0 Å². The van der Waals surface area contributed by atoms with Gasteiger partial charge in [0.2, 0.25) is 5.91 Å². The van der Waals surface area contributed by atoms with Gasteiger partial charge in [0, 0.05) is 122 Å². The summed E-state index contributed by atoms with van der Waals surface area (Å²) >= 11 is 0. The zero-order chi connectivity index (χ0) is 71.6. The maximum absolute atomic E-state index is 13.9. The van der Waals surface area contributed by atoms with Crippen molar-refractivity contribution in [2.75, 3.05) is 0 Å². The van der Waals surface area contributed by atoms with Crippen molar-refractivity contribution in [3.8, 4) is 0 Å². The zero-order valence-electron chi connectivity index (χ0n) is 58.2. The molecule has 0 radical (unpaired) electrons. The molecule has 26 heteroatoms. The number of benzene rings is 3. The minimum absolute atomic E-state index is 0.0808. The molecule has 522 valence electrons. The fraction of sp³-hybridized carbons (Fsp3) is 0.351. The van der Waals surface area contributed by atoms with E-state index in [1.807, 2.05) is 115 Å². The van der Waals surface area contributed by atoms with E-state index >= 15 is 0 Å². The molecule has 3 atom stereocenters. The standard InChI is InChI=1S/C27H31N7O4S.C24H28N4O3.C23H26N4O3/c1-5-8-20(13-23(35)30-39(37,38)24-16-31(3)17-29-24)34-26-22(11-7-12-28-26)33(27(34)36)15-19-14-32(4)21-10-6-9-18(2)25(19)21;1-5-7-18(12-21(29)30)28-23-20(11-10-16(3)25-23)27(24(28)31)14-17-13-26(4)19-9-6-8-15(2)22(17)19;1-4-6-17(11-21(28)29)27-18-9-10-24-12-20(18)26(23(27)30)14-16-13-25(3)19-8-5-7-15(2)22(16)19/h6-7,9-12,14,16-17,20H,5,8,13,15H2,1-4H3,(H,30,35);6,8-11,13,18H,5,7,12,14H2,1-4H3,(H,29,30);5,7-10,12-13,17H,4,6,11,14H2,1-3H3,(H,28,29)/t20-;18-;17-/m000/s1. The van der Waals surface area contributed by atoms with Crippen molar-refractivity contribution in [3.05, 3.63) is 205 Å². The number of hydrogen-bond acceptors (Lipinski definition) is 12. The summed E-state index contributed by atoms with van der Waals surface area (Å²) in [5.41, 5.74) is 13.8. The Kier molecular flexibility index (Phi) is 20.6. The fourth-order valence-electron chi connectivity index (χ4n) is 14.4. The van der Waals surface area contributed by atoms with Crippen LogP contribution in [0.4, 0.5) is 0 Å². The summed E-state index contributed by atoms with van der Waals surface area (Å²) in [6, 6.07) is 26.3. The minimum Gasteiger partial charge on any atom is -0.481 e. The van der Waals surface area contributed by atoms with E-state index in [1.165, 1.54) is 21.7 Å². The molecule has 0 saturated carbocycles. The van der Waals surface area contributed by atoms with Crippen LogP contribution in [0.2, 0.25) is 0 Å². The number of sulfonamides is 1. The van der Waals surface area contributed by atoms with Crippen LogP contribution in [-0.4, -0.2) is 102 Å². The maximum atomic E-state index is 13.9. The number of imidazole rings is 4. The highest BCUT2D eigenvalue weighted by molar-refractivity contribution is 7.90. The Morgan fingerprint density at radius 1 is 0.490 bits per heavy atom. The second-order valence-electron chi connectivity index (χ2n) is 26.1. The number of aryl methyl sites for hydroxylation is 8. The second-order valence-corrected chi connectivity index (χ2v) is 27.7. The molecular formula is C74H85N15O10S. The van der Waals surface area contributed by atoms with Gasteiger partial charge in [-0.15, -0.1) is 0 Å². The monoisotopic (exact) mass is 1380 g/mol. The van der Waals surface area contributed by atoms with Crippen molar-refractivity contribution in [1.82, 2.24) is 70.3 Å². The molecule has 0 spiro atoms. The van der Waals surface area contributed by atoms with E-state index in [1.54, 1.807) is 60.6 Å². The number of amides is 1. The molecule has 0 aliphatic heterocycles. The van der Waals surface area contributed by atoms with Crippen LogP contribution < -0.4 is 21.8 Å². The summed E-state index contributed by atoms with van der Waals surface area (Å²) in [6.45, 7) is 15.2. The third-order valence-electron chi connectivity index (χ3n) is 18.7. The largest absolute Gasteiger partial charge is 0.481 e. The van der Waals surface area contributed by atoms with Gasteiger partial charge in [0.15, 0.2) is 16.3 Å². The predicted molar refractivity (Wildman–Crippen MR) is 386 cm³/mol. The van der Waals surface area contributed by atoms with Crippen LogP contribution in [-0.2, 0) is 72.2 Å². The van der Waals surface area contributed by atoms with Gasteiger partial charge in [-0.25, -0.2) is 34.1 Å². The van der Waals surface area contributed by atoms with Gasteiger partial charge in [-0.2, -0.15) is 8.42 Å². The Labute approximate surface area is 576 Å². The third kappa shape index (κ3) is 14.0. The number of nitrogens with one attached hydrogen (secondary N) is 1. The summed E-state index contributed by atoms with van der Waals surface area (Å²) in [4.78, 5) is 94.2. The first-order valence-corrected chi connectivity index (χ1v) is 35.1. The van der Waals surface area contributed by atoms with Crippen LogP contribution >= 0.6 is 0 Å². The van der Waals surface area contributed by atoms with Gasteiger partial charge in [-0.05, 0) is 129 Å². The molecule has 25 nitrogen and oxygen atoms in total. The van der Waals surface area contributed by atoms with E-state index < -0.39 is 40.0 Å². The number of carbonyl (C=O) groups is 3. The van der Waals surface area contributed by atoms with Crippen molar-refractivity contribution in [2.24, 2.45) is 28.2 Å². The molecule has 0 bridgehead atoms. The predicted octanol–water partition coefficient (Wildman–Crippen LogP) is 11.0. The van der Waals surface area contributed by atoms with Crippen LogP contribution in [0.15, 0.2) is 154 Å². The number of rotatable bonds is 23. The summed E-state index contributed by atoms with van der Waals surface area (Å²) < 4.78 is 45.0. The molecule has 100 heavy (non-hydrogen) atoms. The molecule has 13 aromatic rings. The van der Waals surface area contributed by atoms with Gasteiger partial charge in [-0.3, -0.25) is 46.8 Å². The number of carboxylic acids is 2. The van der Waals surface area contributed by atoms with E-state index in [-0.39, 0.29) is 47.4 Å². The van der Waals surface area contributed by atoms with Gasteiger partial charge in [-0.1, -0.05) is 76.4 Å². The summed E-state index contributed by atoms with van der Waals surface area (Å²) in [5, 5.41) is 22.0. The first-order chi connectivity index (χ1) is 47.8. The Morgan fingerprint density at radius 2 is 0.930 bits per heavy atom. The molecule has 3 aromatic carbocycles. The van der Waals surface area contributed by atoms with Crippen LogP contribution in [0.3, 0.4) is 0 Å². The molecular weight excluding hydrogens is 1290 g/mol. The Bertz CT molecular complexity index is 5570. The lowest BCUT2D eigenvalue weighted by molar-refractivity contribution is -0.139. The quantitative estimate of drug-likeness (QED) is 0.0537. The highest BCUT2D eigenvalue weighted by Gasteiger charge is 2.30. The van der Waals surface area contributed by atoms with Crippen molar-refractivity contribution in [1.29, 1.82) is 0 Å². The molecule has 10 heterocycles. The van der Waals surface area contributed by atoms with E-state index in [0.29, 0.717) is 62.1 Å². The average molecular weight is 1380 g/mol. The maximum Gasteiger partial charge on any atom is 0.330 e. The molecule has 0 aliphatic carbocycles. The molecule has 3 N–H and O–H groups in total. The molecule has 1 amide bonds. The lowest BCUT2D eigenvalue weighted by atomic mass is 10.1. The molecule has 0 saturated heterocycles. The number of aromatic nitrogens is 14. The van der Waals surface area contributed by atoms with Gasteiger partial charge >= 0.3 is 29.0 Å². The highest BCUT2D eigenvalue weighted by atomic mass is 32.2. The van der Waals surface area contributed by atoms with Crippen molar-refractivity contribution in [2.45, 2.75) is 149 Å². The minimum atomic E-state index is -4.13. The topological polar surface area (TPSA) is 290 Å². The van der Waals surface area contributed by atoms with Crippen LogP contribution in [0.5, 0.6) is 0 Å². The SMILES string of the molecule is CCC[C@@H](CC(=O)NS(=O)(=O)c1cn(C)cn1)n1c(=O)n(Cc2cn(C)c3cccc(C)c23)c2cccnc21.CCC[C@@H](CC(=O)O)n1c(=O)n(Cc2cn(C)c3cccc(C)c23)c2ccc(C)nc21.CCC[C@@H](CC(=O)O)n1c(=O)n(Cc2cn(C)c3cccc(C)c23)c2cnccc21. The van der Waals surface area contributed by atoms with Gasteiger partial charge in [0.25, 0.3) is 10.0 Å². The second kappa shape index (κ2) is 29.3. The zero-order valence-corrected chi connectivity index (χ0v) is 59.1. The number of fused-ring (bicyclic) bond motifs is 6.